The van der Waals surface area contributed by atoms with Gasteiger partial charge in [-0.2, -0.15) is 10.2 Å². The molecular weight excluding hydrogens is 548 g/mol. The third-order valence-electron chi connectivity index (χ3n) is 8.39. The fraction of sp³-hybridized carbons (Fsp3) is 0.250. The Morgan fingerprint density at radius 1 is 0.615 bits per heavy atom. The zero-order valence-corrected chi connectivity index (χ0v) is 23.6. The first-order chi connectivity index (χ1) is 18.9. The van der Waals surface area contributed by atoms with Crippen molar-refractivity contribution in [1.29, 1.82) is 0 Å². The van der Waals surface area contributed by atoms with Crippen LogP contribution in [0.2, 0.25) is 0 Å². The third kappa shape index (κ3) is 4.65. The maximum Gasteiger partial charge on any atom is 0.169 e. The second-order valence-corrected chi connectivity index (χ2v) is 12.2. The molecule has 6 nitrogen and oxygen atoms in total. The summed E-state index contributed by atoms with van der Waals surface area (Å²) >= 11 is 3.44. The normalized spacial score (nSPS) is 16.6. The molecule has 2 aliphatic rings. The molecule has 0 bridgehead atoms. The number of benzene rings is 2. The summed E-state index contributed by atoms with van der Waals surface area (Å²) in [6, 6.07) is 19.6. The SMILES string of the molecule is CC1(c2ccc(-c3cnc4c(Br)cnn4c3)cc2)CC1.CC1(c2ccc(-c3cnc4ccnn4c3)cc2)CC1. The standard InChI is InChI=1S/C16H14BrN3.C16H15N3/c1-16(6-7-16)13-4-2-11(3-5-13)12-8-18-15-14(17)9-19-20(15)10-12;1-16(7-8-16)14-4-2-12(3-5-14)13-10-17-15-6-9-18-19(15)11-13/h2-5,8-10H,6-7H2,1H3;2-6,9-11H,7-8H2,1H3. The molecule has 0 N–H and O–H groups in total. The molecule has 0 saturated heterocycles. The van der Waals surface area contributed by atoms with Crippen LogP contribution in [0.1, 0.15) is 50.7 Å². The molecule has 2 fully saturated rings. The molecule has 0 unspecified atom stereocenters. The van der Waals surface area contributed by atoms with Gasteiger partial charge in [0.1, 0.15) is 0 Å². The highest BCUT2D eigenvalue weighted by Crippen LogP contribution is 2.48. The summed E-state index contributed by atoms with van der Waals surface area (Å²) in [5.74, 6) is 0. The molecule has 6 aromatic rings. The first-order valence-corrected chi connectivity index (χ1v) is 14.2. The number of hydrogen-bond acceptors (Lipinski definition) is 4. The molecule has 2 aromatic carbocycles. The molecule has 0 atom stereocenters. The summed E-state index contributed by atoms with van der Waals surface area (Å²) in [5.41, 5.74) is 10.0. The van der Waals surface area contributed by atoms with E-state index in [0.717, 1.165) is 26.9 Å². The van der Waals surface area contributed by atoms with Crippen LogP contribution in [0.25, 0.3) is 33.5 Å². The minimum atomic E-state index is 0.424. The third-order valence-corrected chi connectivity index (χ3v) is 8.95. The van der Waals surface area contributed by atoms with E-state index in [2.05, 4.69) is 98.5 Å². The Balaban J connectivity index is 0.000000130. The molecule has 2 saturated carbocycles. The van der Waals surface area contributed by atoms with E-state index in [1.54, 1.807) is 16.9 Å². The minimum absolute atomic E-state index is 0.424. The highest BCUT2D eigenvalue weighted by Gasteiger charge is 2.39. The van der Waals surface area contributed by atoms with Gasteiger partial charge in [-0.15, -0.1) is 0 Å². The van der Waals surface area contributed by atoms with E-state index >= 15 is 0 Å². The molecule has 0 spiro atoms. The van der Waals surface area contributed by atoms with Crippen LogP contribution in [-0.2, 0) is 10.8 Å². The van der Waals surface area contributed by atoms with Gasteiger partial charge in [0.2, 0.25) is 0 Å². The average molecular weight is 578 g/mol. The molecule has 0 aliphatic heterocycles. The minimum Gasteiger partial charge on any atom is -0.236 e. The van der Waals surface area contributed by atoms with Crippen molar-refractivity contribution < 1.29 is 0 Å². The van der Waals surface area contributed by atoms with E-state index in [-0.39, 0.29) is 0 Å². The van der Waals surface area contributed by atoms with Crippen molar-refractivity contribution in [3.05, 3.63) is 107 Å². The molecule has 0 radical (unpaired) electrons. The number of aromatic nitrogens is 6. The van der Waals surface area contributed by atoms with Crippen molar-refractivity contribution in [2.24, 2.45) is 0 Å². The molecule has 194 valence electrons. The van der Waals surface area contributed by atoms with Crippen LogP contribution in [0.5, 0.6) is 0 Å². The smallest absolute Gasteiger partial charge is 0.169 e. The summed E-state index contributed by atoms with van der Waals surface area (Å²) in [5, 5.41) is 8.50. The summed E-state index contributed by atoms with van der Waals surface area (Å²) < 4.78 is 4.53. The van der Waals surface area contributed by atoms with E-state index < -0.39 is 0 Å². The van der Waals surface area contributed by atoms with E-state index in [9.17, 15) is 0 Å². The monoisotopic (exact) mass is 576 g/mol. The molecule has 2 aliphatic carbocycles. The van der Waals surface area contributed by atoms with Gasteiger partial charge in [-0.3, -0.25) is 0 Å². The number of halogens is 1. The summed E-state index contributed by atoms with van der Waals surface area (Å²) in [6.07, 6.45) is 16.6. The van der Waals surface area contributed by atoms with Gasteiger partial charge in [-0.25, -0.2) is 19.0 Å². The van der Waals surface area contributed by atoms with E-state index in [4.69, 9.17) is 0 Å². The quantitative estimate of drug-likeness (QED) is 0.216. The maximum absolute atomic E-state index is 4.45. The second-order valence-electron chi connectivity index (χ2n) is 11.4. The van der Waals surface area contributed by atoms with Crippen LogP contribution in [0.15, 0.2) is 96.3 Å². The average Bonchev–Trinajstić information content (AvgIpc) is 3.81. The van der Waals surface area contributed by atoms with Crippen molar-refractivity contribution in [3.63, 3.8) is 0 Å². The lowest BCUT2D eigenvalue weighted by atomic mass is 9.96. The maximum atomic E-state index is 4.45. The van der Waals surface area contributed by atoms with Crippen molar-refractivity contribution in [1.82, 2.24) is 29.2 Å². The Morgan fingerprint density at radius 3 is 1.72 bits per heavy atom. The topological polar surface area (TPSA) is 60.4 Å². The zero-order chi connectivity index (χ0) is 26.6. The lowest BCUT2D eigenvalue weighted by Gasteiger charge is -2.09. The zero-order valence-electron chi connectivity index (χ0n) is 22.0. The molecule has 4 heterocycles. The van der Waals surface area contributed by atoms with Crippen LogP contribution in [0.3, 0.4) is 0 Å². The van der Waals surface area contributed by atoms with Crippen LogP contribution in [0.4, 0.5) is 0 Å². The molecule has 39 heavy (non-hydrogen) atoms. The van der Waals surface area contributed by atoms with Crippen molar-refractivity contribution in [2.75, 3.05) is 0 Å². The van der Waals surface area contributed by atoms with Crippen molar-refractivity contribution in [3.8, 4) is 22.3 Å². The highest BCUT2D eigenvalue weighted by molar-refractivity contribution is 9.10. The molecule has 0 amide bonds. The Kier molecular flexibility index (Phi) is 5.67. The van der Waals surface area contributed by atoms with Gasteiger partial charge in [0.25, 0.3) is 0 Å². The van der Waals surface area contributed by atoms with Gasteiger partial charge >= 0.3 is 0 Å². The van der Waals surface area contributed by atoms with Gasteiger partial charge in [0.15, 0.2) is 11.3 Å². The summed E-state index contributed by atoms with van der Waals surface area (Å²) in [6.45, 7) is 4.66. The Hall–Kier alpha value is -3.84. The van der Waals surface area contributed by atoms with Gasteiger partial charge in [0, 0.05) is 42.0 Å². The predicted molar refractivity (Wildman–Crippen MR) is 158 cm³/mol. The van der Waals surface area contributed by atoms with Crippen molar-refractivity contribution in [2.45, 2.75) is 50.4 Å². The highest BCUT2D eigenvalue weighted by atomic mass is 79.9. The first kappa shape index (κ1) is 24.2. The molecular formula is C32H29BrN6. The number of rotatable bonds is 4. The van der Waals surface area contributed by atoms with Crippen LogP contribution >= 0.6 is 15.9 Å². The largest absolute Gasteiger partial charge is 0.236 e. The van der Waals surface area contributed by atoms with E-state index in [1.807, 2.05) is 35.4 Å². The molecule has 7 heteroatoms. The number of nitrogens with zero attached hydrogens (tertiary/aromatic N) is 6. The Morgan fingerprint density at radius 2 is 1.15 bits per heavy atom. The Bertz CT molecular complexity index is 1790. The predicted octanol–water partition coefficient (Wildman–Crippen LogP) is 7.66. The summed E-state index contributed by atoms with van der Waals surface area (Å²) in [4.78, 5) is 8.86. The number of hydrogen-bond donors (Lipinski definition) is 0. The van der Waals surface area contributed by atoms with Gasteiger partial charge in [0.05, 0.1) is 16.9 Å². The lowest BCUT2D eigenvalue weighted by Crippen LogP contribution is -1.98. The second kappa shape index (κ2) is 9.12. The molecule has 4 aromatic heterocycles. The van der Waals surface area contributed by atoms with Crippen LogP contribution < -0.4 is 0 Å². The van der Waals surface area contributed by atoms with Gasteiger partial charge in [-0.05, 0) is 74.7 Å². The number of fused-ring (bicyclic) bond motifs is 2. The first-order valence-electron chi connectivity index (χ1n) is 13.4. The van der Waals surface area contributed by atoms with Gasteiger partial charge in [-0.1, -0.05) is 62.4 Å². The fourth-order valence-corrected chi connectivity index (χ4v) is 5.41. The van der Waals surface area contributed by atoms with Crippen LogP contribution in [-0.4, -0.2) is 29.2 Å². The summed E-state index contributed by atoms with van der Waals surface area (Å²) in [7, 11) is 0. The van der Waals surface area contributed by atoms with E-state index in [0.29, 0.717) is 10.8 Å². The fourth-order valence-electron chi connectivity index (χ4n) is 5.04. The van der Waals surface area contributed by atoms with Crippen molar-refractivity contribution >= 4 is 27.2 Å². The lowest BCUT2D eigenvalue weighted by molar-refractivity contribution is 0.788. The van der Waals surface area contributed by atoms with E-state index in [1.165, 1.54) is 47.9 Å². The molecule has 8 rings (SSSR count). The van der Waals surface area contributed by atoms with Crippen LogP contribution in [0, 0.1) is 0 Å². The Labute approximate surface area is 235 Å². The van der Waals surface area contributed by atoms with Gasteiger partial charge < -0.3 is 0 Å².